The van der Waals surface area contributed by atoms with Gasteiger partial charge in [0.2, 0.25) is 0 Å². The maximum Gasteiger partial charge on any atom is 0.303 e. The number of pyridine rings is 1. The van der Waals surface area contributed by atoms with Crippen molar-refractivity contribution in [3.05, 3.63) is 46.3 Å². The van der Waals surface area contributed by atoms with Crippen LogP contribution in [0.25, 0.3) is 16.6 Å². The molecular weight excluding hydrogens is 362 g/mol. The number of aromatic amines is 1. The second kappa shape index (κ2) is 8.77. The highest BCUT2D eigenvalue weighted by atomic mass is 16.5. The van der Waals surface area contributed by atoms with Crippen molar-refractivity contribution in [2.24, 2.45) is 11.6 Å². The van der Waals surface area contributed by atoms with Gasteiger partial charge < -0.3 is 30.5 Å². The van der Waals surface area contributed by atoms with E-state index < -0.39 is 5.97 Å². The fourth-order valence-corrected chi connectivity index (χ4v) is 3.20. The fraction of sp³-hybridized carbons (Fsp3) is 0.368. The first-order valence-corrected chi connectivity index (χ1v) is 9.15. The number of hydrazine groups is 1. The summed E-state index contributed by atoms with van der Waals surface area (Å²) < 4.78 is 5.37. The van der Waals surface area contributed by atoms with Gasteiger partial charge in [0.1, 0.15) is 5.82 Å². The lowest BCUT2D eigenvalue weighted by atomic mass is 10.1. The van der Waals surface area contributed by atoms with Crippen molar-refractivity contribution in [2.75, 3.05) is 37.7 Å². The molecule has 0 spiro atoms. The summed E-state index contributed by atoms with van der Waals surface area (Å²) in [4.78, 5) is 28.6. The van der Waals surface area contributed by atoms with Gasteiger partial charge in [-0.3, -0.25) is 9.59 Å². The van der Waals surface area contributed by atoms with Gasteiger partial charge >= 0.3 is 5.97 Å². The van der Waals surface area contributed by atoms with Gasteiger partial charge in [-0.05, 0) is 12.5 Å². The average molecular weight is 387 g/mol. The molecule has 1 aromatic carbocycles. The largest absolute Gasteiger partial charge is 0.481 e. The number of ether oxygens (including phenoxy) is 1. The average Bonchev–Trinajstić information content (AvgIpc) is 2.67. The monoisotopic (exact) mass is 387 g/mol. The molecule has 1 aliphatic heterocycles. The number of H-pyrrole nitrogens is 1. The van der Waals surface area contributed by atoms with Crippen LogP contribution in [-0.2, 0) is 9.53 Å². The number of nitrogens with one attached hydrogen (secondary N) is 1. The second-order valence-corrected chi connectivity index (χ2v) is 6.67. The molecule has 0 bridgehead atoms. The molecule has 0 radical (unpaired) electrons. The van der Waals surface area contributed by atoms with Gasteiger partial charge in [0.25, 0.3) is 0 Å². The van der Waals surface area contributed by atoms with Crippen LogP contribution in [0.15, 0.2) is 35.3 Å². The molecular formula is C19H25N5O4. The molecule has 2 heterocycles. The Labute approximate surface area is 162 Å². The number of hydrogen-bond acceptors (Lipinski definition) is 7. The van der Waals surface area contributed by atoms with E-state index >= 15 is 0 Å². The van der Waals surface area contributed by atoms with Crippen molar-refractivity contribution in [2.45, 2.75) is 12.8 Å². The molecule has 1 saturated heterocycles. The number of anilines is 1. The Morgan fingerprint density at radius 2 is 2.11 bits per heavy atom. The topological polar surface area (TPSA) is 138 Å². The Kier molecular flexibility index (Phi) is 6.17. The van der Waals surface area contributed by atoms with E-state index in [2.05, 4.69) is 9.88 Å². The van der Waals surface area contributed by atoms with E-state index in [1.807, 2.05) is 6.07 Å². The van der Waals surface area contributed by atoms with E-state index in [0.717, 1.165) is 5.82 Å². The quantitative estimate of drug-likeness (QED) is 0.402. The second-order valence-electron chi connectivity index (χ2n) is 6.67. The lowest BCUT2D eigenvalue weighted by molar-refractivity contribution is -0.137. The standard InChI is InChI=1S/C19H25N5O4/c20-15(12-24(21)6-2-5-18(26)27)13-3-1-4-14-16(25)11-17(22-19(13)14)23-7-9-28-10-8-23/h1,3-4,11-12H,2,5-10,20-21H2,(H,22,25)(H,26,27)/b15-12-. The molecule has 6 N–H and O–H groups in total. The summed E-state index contributed by atoms with van der Waals surface area (Å²) >= 11 is 0. The number of morpholine rings is 1. The third-order valence-corrected chi connectivity index (χ3v) is 4.63. The number of fused-ring (bicyclic) bond motifs is 1. The van der Waals surface area contributed by atoms with Crippen molar-refractivity contribution in [1.29, 1.82) is 0 Å². The van der Waals surface area contributed by atoms with Crippen molar-refractivity contribution in [3.8, 4) is 0 Å². The summed E-state index contributed by atoms with van der Waals surface area (Å²) in [5, 5.41) is 10.6. The van der Waals surface area contributed by atoms with Crippen molar-refractivity contribution in [1.82, 2.24) is 9.99 Å². The summed E-state index contributed by atoms with van der Waals surface area (Å²) in [6.07, 6.45) is 1.99. The molecule has 1 aliphatic rings. The normalized spacial score (nSPS) is 15.0. The summed E-state index contributed by atoms with van der Waals surface area (Å²) in [5.74, 6) is 5.77. The van der Waals surface area contributed by atoms with Crippen LogP contribution in [0.5, 0.6) is 0 Å². The molecule has 0 saturated carbocycles. The van der Waals surface area contributed by atoms with Crippen LogP contribution in [0.2, 0.25) is 0 Å². The van der Waals surface area contributed by atoms with Gasteiger partial charge in [0.15, 0.2) is 5.43 Å². The zero-order valence-corrected chi connectivity index (χ0v) is 15.6. The predicted molar refractivity (Wildman–Crippen MR) is 108 cm³/mol. The molecule has 1 fully saturated rings. The summed E-state index contributed by atoms with van der Waals surface area (Å²) in [6.45, 7) is 2.99. The number of carbonyl (C=O) groups is 1. The van der Waals surface area contributed by atoms with Gasteiger partial charge in [0, 0.05) is 49.3 Å². The van der Waals surface area contributed by atoms with E-state index in [1.54, 1.807) is 24.4 Å². The first-order chi connectivity index (χ1) is 13.5. The van der Waals surface area contributed by atoms with Gasteiger partial charge in [-0.25, -0.2) is 5.84 Å². The van der Waals surface area contributed by atoms with Crippen molar-refractivity contribution >= 4 is 28.4 Å². The third kappa shape index (κ3) is 4.62. The number of carboxylic acids is 1. The van der Waals surface area contributed by atoms with Crippen LogP contribution >= 0.6 is 0 Å². The number of carboxylic acid groups (broad SMARTS) is 1. The summed E-state index contributed by atoms with van der Waals surface area (Å²) in [5.41, 5.74) is 7.85. The van der Waals surface area contributed by atoms with E-state index in [0.29, 0.717) is 61.4 Å². The lowest BCUT2D eigenvalue weighted by Crippen LogP contribution is -2.37. The maximum atomic E-state index is 12.6. The SMILES string of the molecule is N/C(=C\N(N)CCCC(=O)O)c1cccc2c(=O)cc(N3CCOCC3)[nH]c12. The molecule has 9 heteroatoms. The number of hydrogen-bond donors (Lipinski definition) is 4. The zero-order chi connectivity index (χ0) is 20.1. The molecule has 0 atom stereocenters. The van der Waals surface area contributed by atoms with Crippen LogP contribution in [0.1, 0.15) is 18.4 Å². The smallest absolute Gasteiger partial charge is 0.303 e. The first-order valence-electron chi connectivity index (χ1n) is 9.15. The van der Waals surface area contributed by atoms with Crippen LogP contribution in [0, 0.1) is 0 Å². The zero-order valence-electron chi connectivity index (χ0n) is 15.6. The number of para-hydroxylation sites is 1. The first kappa shape index (κ1) is 19.7. The van der Waals surface area contributed by atoms with E-state index in [9.17, 15) is 9.59 Å². The highest BCUT2D eigenvalue weighted by Gasteiger charge is 2.15. The Morgan fingerprint density at radius 1 is 1.36 bits per heavy atom. The Bertz CT molecular complexity index is 934. The number of benzene rings is 1. The molecule has 9 nitrogen and oxygen atoms in total. The molecule has 1 aromatic heterocycles. The minimum atomic E-state index is -0.868. The number of nitrogens with two attached hydrogens (primary N) is 2. The van der Waals surface area contributed by atoms with Crippen LogP contribution in [0.3, 0.4) is 0 Å². The fourth-order valence-electron chi connectivity index (χ4n) is 3.20. The molecule has 2 aromatic rings. The van der Waals surface area contributed by atoms with Crippen LogP contribution in [0.4, 0.5) is 5.82 Å². The molecule has 0 aliphatic carbocycles. The van der Waals surface area contributed by atoms with E-state index in [1.165, 1.54) is 5.01 Å². The van der Waals surface area contributed by atoms with Crippen molar-refractivity contribution in [3.63, 3.8) is 0 Å². The number of aliphatic carboxylic acids is 1. The van der Waals surface area contributed by atoms with Crippen molar-refractivity contribution < 1.29 is 14.6 Å². The summed E-state index contributed by atoms with van der Waals surface area (Å²) in [7, 11) is 0. The van der Waals surface area contributed by atoms with Gasteiger partial charge in [-0.15, -0.1) is 0 Å². The predicted octanol–water partition coefficient (Wildman–Crippen LogP) is 0.662. The minimum Gasteiger partial charge on any atom is -0.481 e. The number of nitrogens with zero attached hydrogens (tertiary/aromatic N) is 2. The maximum absolute atomic E-state index is 12.6. The number of rotatable bonds is 7. The molecule has 150 valence electrons. The van der Waals surface area contributed by atoms with Crippen LogP contribution in [-0.4, -0.2) is 53.9 Å². The third-order valence-electron chi connectivity index (χ3n) is 4.63. The highest BCUT2D eigenvalue weighted by Crippen LogP contribution is 2.22. The highest BCUT2D eigenvalue weighted by molar-refractivity contribution is 5.91. The molecule has 28 heavy (non-hydrogen) atoms. The molecule has 0 unspecified atom stereocenters. The van der Waals surface area contributed by atoms with Crippen LogP contribution < -0.4 is 21.9 Å². The minimum absolute atomic E-state index is 0.0337. The molecule has 0 amide bonds. The van der Waals surface area contributed by atoms with Gasteiger partial charge in [-0.2, -0.15) is 0 Å². The molecule has 3 rings (SSSR count). The van der Waals surface area contributed by atoms with E-state index in [4.69, 9.17) is 21.4 Å². The van der Waals surface area contributed by atoms with E-state index in [-0.39, 0.29) is 11.8 Å². The summed E-state index contributed by atoms with van der Waals surface area (Å²) in [6, 6.07) is 6.94. The Balaban J connectivity index is 1.91. The van der Waals surface area contributed by atoms with Gasteiger partial charge in [0.05, 0.1) is 24.4 Å². The Morgan fingerprint density at radius 3 is 2.82 bits per heavy atom. The lowest BCUT2D eigenvalue weighted by Gasteiger charge is -2.28. The Hall–Kier alpha value is -3.04. The van der Waals surface area contributed by atoms with Gasteiger partial charge in [-0.1, -0.05) is 12.1 Å². The number of aromatic nitrogens is 1.